The first-order valence-electron chi connectivity index (χ1n) is 7.83. The molecule has 1 fully saturated rings. The van der Waals surface area contributed by atoms with Crippen molar-refractivity contribution in [2.75, 3.05) is 25.2 Å². The number of benzene rings is 1. The summed E-state index contributed by atoms with van der Waals surface area (Å²) in [4.78, 5) is 22.9. The van der Waals surface area contributed by atoms with E-state index in [1.807, 2.05) is 4.90 Å². The van der Waals surface area contributed by atoms with Gasteiger partial charge in [-0.25, -0.2) is 14.8 Å². The minimum absolute atomic E-state index is 0.0418. The summed E-state index contributed by atoms with van der Waals surface area (Å²) in [5, 5.41) is 0.724. The van der Waals surface area contributed by atoms with Crippen LogP contribution in [0.15, 0.2) is 30.6 Å². The van der Waals surface area contributed by atoms with Crippen LogP contribution in [-0.2, 0) is 4.74 Å². The van der Waals surface area contributed by atoms with Gasteiger partial charge in [0.1, 0.15) is 6.61 Å². The van der Waals surface area contributed by atoms with Gasteiger partial charge in [-0.1, -0.05) is 23.2 Å². The number of methoxy groups -OCH3 is 1. The zero-order chi connectivity index (χ0) is 17.8. The number of carbonyl (C=O) groups is 1. The van der Waals surface area contributed by atoms with Crippen molar-refractivity contribution in [3.05, 3.63) is 46.2 Å². The molecule has 1 saturated heterocycles. The molecular weight excluding hydrogens is 365 g/mol. The van der Waals surface area contributed by atoms with E-state index >= 15 is 0 Å². The van der Waals surface area contributed by atoms with E-state index in [2.05, 4.69) is 9.97 Å². The molecule has 0 spiro atoms. The quantitative estimate of drug-likeness (QED) is 0.736. The molecule has 1 unspecified atom stereocenters. The summed E-state index contributed by atoms with van der Waals surface area (Å²) < 4.78 is 10.5. The van der Waals surface area contributed by atoms with E-state index in [-0.39, 0.29) is 12.6 Å². The molecule has 2 heterocycles. The van der Waals surface area contributed by atoms with Crippen molar-refractivity contribution >= 4 is 35.1 Å². The Morgan fingerprint density at radius 3 is 2.72 bits per heavy atom. The second kappa shape index (κ2) is 7.89. The van der Waals surface area contributed by atoms with Crippen molar-refractivity contribution in [1.29, 1.82) is 0 Å². The van der Waals surface area contributed by atoms with Crippen LogP contribution in [0.4, 0.5) is 5.95 Å². The average Bonchev–Trinajstić information content (AvgIpc) is 3.10. The van der Waals surface area contributed by atoms with Crippen molar-refractivity contribution in [3.8, 4) is 5.75 Å². The number of rotatable bonds is 5. The molecular formula is C17H17Cl2N3O3. The first-order chi connectivity index (χ1) is 12.1. The molecule has 0 radical (unpaired) electrons. The van der Waals surface area contributed by atoms with E-state index in [1.54, 1.807) is 31.6 Å². The molecule has 1 aliphatic heterocycles. The normalized spacial score (nSPS) is 16.8. The van der Waals surface area contributed by atoms with Crippen molar-refractivity contribution in [1.82, 2.24) is 9.97 Å². The number of ether oxygens (including phenoxy) is 2. The van der Waals surface area contributed by atoms with Crippen molar-refractivity contribution in [2.24, 2.45) is 0 Å². The number of esters is 1. The monoisotopic (exact) mass is 381 g/mol. The molecule has 0 aliphatic carbocycles. The highest BCUT2D eigenvalue weighted by Gasteiger charge is 2.28. The highest BCUT2D eigenvalue weighted by atomic mass is 35.5. The predicted molar refractivity (Wildman–Crippen MR) is 95.7 cm³/mol. The number of nitrogens with zero attached hydrogens (tertiary/aromatic N) is 3. The number of anilines is 1. The summed E-state index contributed by atoms with van der Waals surface area (Å²) in [6.07, 6.45) is 5.15. The van der Waals surface area contributed by atoms with Crippen LogP contribution in [0, 0.1) is 0 Å². The second-order valence-electron chi connectivity index (χ2n) is 5.64. The summed E-state index contributed by atoms with van der Waals surface area (Å²) >= 11 is 11.8. The summed E-state index contributed by atoms with van der Waals surface area (Å²) in [6.45, 7) is 1.08. The lowest BCUT2D eigenvalue weighted by Gasteiger charge is -2.24. The Hall–Kier alpha value is -2.05. The lowest BCUT2D eigenvalue weighted by atomic mass is 10.2. The molecule has 1 aromatic heterocycles. The van der Waals surface area contributed by atoms with Gasteiger partial charge in [0.15, 0.2) is 5.75 Å². The molecule has 2 aromatic rings. The lowest BCUT2D eigenvalue weighted by Crippen LogP contribution is -2.35. The SMILES string of the molecule is COc1cnc(N2CCCC2COC(=O)c2ccc(Cl)c(Cl)c2)nc1. The van der Waals surface area contributed by atoms with Gasteiger partial charge in [-0.3, -0.25) is 0 Å². The number of hydrogen-bond donors (Lipinski definition) is 0. The highest BCUT2D eigenvalue weighted by molar-refractivity contribution is 6.42. The fraction of sp³-hybridized carbons (Fsp3) is 0.353. The third-order valence-electron chi connectivity index (χ3n) is 4.05. The molecule has 1 atom stereocenters. The Kier molecular flexibility index (Phi) is 5.60. The molecule has 132 valence electrons. The first kappa shape index (κ1) is 17.8. The minimum atomic E-state index is -0.430. The van der Waals surface area contributed by atoms with Crippen LogP contribution in [-0.4, -0.2) is 42.2 Å². The Balaban J connectivity index is 1.63. The summed E-state index contributed by atoms with van der Waals surface area (Å²) in [5.74, 6) is 0.778. The van der Waals surface area contributed by atoms with Crippen molar-refractivity contribution < 1.29 is 14.3 Å². The van der Waals surface area contributed by atoms with Gasteiger partial charge in [-0.2, -0.15) is 0 Å². The zero-order valence-electron chi connectivity index (χ0n) is 13.6. The highest BCUT2D eigenvalue weighted by Crippen LogP contribution is 2.25. The van der Waals surface area contributed by atoms with Gasteiger partial charge in [-0.15, -0.1) is 0 Å². The third-order valence-corrected chi connectivity index (χ3v) is 4.79. The molecule has 1 aromatic carbocycles. The molecule has 0 amide bonds. The second-order valence-corrected chi connectivity index (χ2v) is 6.45. The lowest BCUT2D eigenvalue weighted by molar-refractivity contribution is 0.0482. The van der Waals surface area contributed by atoms with E-state index < -0.39 is 5.97 Å². The Bertz CT molecular complexity index is 755. The summed E-state index contributed by atoms with van der Waals surface area (Å²) in [5.41, 5.74) is 0.375. The average molecular weight is 382 g/mol. The van der Waals surface area contributed by atoms with Crippen LogP contribution in [0.1, 0.15) is 23.2 Å². The molecule has 0 saturated carbocycles. The van der Waals surface area contributed by atoms with E-state index in [1.165, 1.54) is 6.07 Å². The topological polar surface area (TPSA) is 64.6 Å². The van der Waals surface area contributed by atoms with Gasteiger partial charge in [-0.05, 0) is 31.0 Å². The Morgan fingerprint density at radius 1 is 1.28 bits per heavy atom. The number of hydrogen-bond acceptors (Lipinski definition) is 6. The molecule has 6 nitrogen and oxygen atoms in total. The number of carbonyl (C=O) groups excluding carboxylic acids is 1. The zero-order valence-corrected chi connectivity index (χ0v) is 15.1. The first-order valence-corrected chi connectivity index (χ1v) is 8.59. The van der Waals surface area contributed by atoms with Crippen molar-refractivity contribution in [3.63, 3.8) is 0 Å². The maximum atomic E-state index is 12.2. The molecule has 0 N–H and O–H groups in total. The maximum absolute atomic E-state index is 12.2. The van der Waals surface area contributed by atoms with Crippen LogP contribution in [0.25, 0.3) is 0 Å². The fourth-order valence-corrected chi connectivity index (χ4v) is 3.01. The fourth-order valence-electron chi connectivity index (χ4n) is 2.71. The van der Waals surface area contributed by atoms with Gasteiger partial charge < -0.3 is 14.4 Å². The molecule has 8 heteroatoms. The van der Waals surface area contributed by atoms with E-state index in [9.17, 15) is 4.79 Å². The molecule has 3 rings (SSSR count). The Labute approximate surface area is 155 Å². The van der Waals surface area contributed by atoms with Crippen molar-refractivity contribution in [2.45, 2.75) is 18.9 Å². The molecule has 1 aliphatic rings. The minimum Gasteiger partial charge on any atom is -0.494 e. The summed E-state index contributed by atoms with van der Waals surface area (Å²) in [7, 11) is 1.57. The van der Waals surface area contributed by atoms with Gasteiger partial charge >= 0.3 is 5.97 Å². The van der Waals surface area contributed by atoms with E-state index in [0.29, 0.717) is 27.3 Å². The van der Waals surface area contributed by atoms with Crippen LogP contribution in [0.2, 0.25) is 10.0 Å². The Morgan fingerprint density at radius 2 is 2.04 bits per heavy atom. The van der Waals surface area contributed by atoms with Gasteiger partial charge in [0.05, 0.1) is 41.2 Å². The van der Waals surface area contributed by atoms with Gasteiger partial charge in [0, 0.05) is 6.54 Å². The standard InChI is InChI=1S/C17H17Cl2N3O3/c1-24-13-8-20-17(21-9-13)22-6-2-3-12(22)10-25-16(23)11-4-5-14(18)15(19)7-11/h4-5,7-9,12H,2-3,6,10H2,1H3. The maximum Gasteiger partial charge on any atom is 0.338 e. The number of halogens is 2. The smallest absolute Gasteiger partial charge is 0.338 e. The molecule has 25 heavy (non-hydrogen) atoms. The third kappa shape index (κ3) is 4.14. The van der Waals surface area contributed by atoms with Gasteiger partial charge in [0.25, 0.3) is 0 Å². The van der Waals surface area contributed by atoms with E-state index in [4.69, 9.17) is 32.7 Å². The summed E-state index contributed by atoms with van der Waals surface area (Å²) in [6, 6.07) is 4.72. The van der Waals surface area contributed by atoms with E-state index in [0.717, 1.165) is 19.4 Å². The number of aromatic nitrogens is 2. The van der Waals surface area contributed by atoms with Gasteiger partial charge in [0.2, 0.25) is 5.95 Å². The predicted octanol–water partition coefficient (Wildman–Crippen LogP) is 3.62. The molecule has 0 bridgehead atoms. The van der Waals surface area contributed by atoms with Crippen LogP contribution in [0.5, 0.6) is 5.75 Å². The largest absolute Gasteiger partial charge is 0.494 e. The van der Waals surface area contributed by atoms with Crippen LogP contribution in [0.3, 0.4) is 0 Å². The van der Waals surface area contributed by atoms with Crippen LogP contribution < -0.4 is 9.64 Å². The van der Waals surface area contributed by atoms with Crippen LogP contribution >= 0.6 is 23.2 Å².